The fourth-order valence-electron chi connectivity index (χ4n) is 2.39. The number of methoxy groups -OCH3 is 3. The van der Waals surface area contributed by atoms with Gasteiger partial charge in [-0.3, -0.25) is 4.79 Å². The summed E-state index contributed by atoms with van der Waals surface area (Å²) in [6.07, 6.45) is -0.457. The van der Waals surface area contributed by atoms with Crippen LogP contribution in [0.3, 0.4) is 0 Å². The maximum Gasteiger partial charge on any atom is 0.255 e. The first-order valence-electron chi connectivity index (χ1n) is 7.38. The number of para-hydroxylation sites is 1. The van der Waals surface area contributed by atoms with Crippen molar-refractivity contribution >= 4 is 5.91 Å². The second-order valence-corrected chi connectivity index (χ2v) is 5.03. The van der Waals surface area contributed by atoms with Crippen LogP contribution < -0.4 is 14.8 Å². The number of hydrogen-bond acceptors (Lipinski definition) is 4. The van der Waals surface area contributed by atoms with Crippen molar-refractivity contribution in [2.75, 3.05) is 27.9 Å². The van der Waals surface area contributed by atoms with Crippen LogP contribution in [0.25, 0.3) is 0 Å². The average molecular weight is 333 g/mol. The SMILES string of the molecule is COc1cccc(C(=O)NCC(OC)c2cccc(F)c2)c1OC. The van der Waals surface area contributed by atoms with Crippen molar-refractivity contribution in [2.24, 2.45) is 0 Å². The molecule has 2 aromatic carbocycles. The molecule has 0 aliphatic rings. The van der Waals surface area contributed by atoms with E-state index in [1.165, 1.54) is 33.5 Å². The van der Waals surface area contributed by atoms with Gasteiger partial charge in [-0.1, -0.05) is 18.2 Å². The van der Waals surface area contributed by atoms with Crippen LogP contribution in [0, 0.1) is 5.82 Å². The van der Waals surface area contributed by atoms with E-state index in [-0.39, 0.29) is 18.3 Å². The Balaban J connectivity index is 2.12. The van der Waals surface area contributed by atoms with Gasteiger partial charge in [0.25, 0.3) is 5.91 Å². The lowest BCUT2D eigenvalue weighted by Gasteiger charge is -2.18. The maximum absolute atomic E-state index is 13.3. The number of rotatable bonds is 7. The van der Waals surface area contributed by atoms with Crippen LogP contribution in [-0.4, -0.2) is 33.8 Å². The average Bonchev–Trinajstić information content (AvgIpc) is 2.61. The normalized spacial score (nSPS) is 11.7. The van der Waals surface area contributed by atoms with Gasteiger partial charge in [0.1, 0.15) is 5.82 Å². The third-order valence-electron chi connectivity index (χ3n) is 3.60. The molecule has 1 atom stereocenters. The summed E-state index contributed by atoms with van der Waals surface area (Å²) in [5.41, 5.74) is 1.00. The summed E-state index contributed by atoms with van der Waals surface area (Å²) in [5.74, 6) is 0.148. The Morgan fingerprint density at radius 1 is 1.12 bits per heavy atom. The van der Waals surface area contributed by atoms with E-state index in [9.17, 15) is 9.18 Å². The van der Waals surface area contributed by atoms with Crippen LogP contribution in [0.2, 0.25) is 0 Å². The number of amides is 1. The van der Waals surface area contributed by atoms with E-state index in [2.05, 4.69) is 5.32 Å². The monoisotopic (exact) mass is 333 g/mol. The van der Waals surface area contributed by atoms with Gasteiger partial charge in [-0.05, 0) is 29.8 Å². The zero-order valence-corrected chi connectivity index (χ0v) is 13.8. The number of nitrogens with one attached hydrogen (secondary N) is 1. The molecule has 0 saturated carbocycles. The molecule has 0 saturated heterocycles. The fourth-order valence-corrected chi connectivity index (χ4v) is 2.39. The standard InChI is InChI=1S/C18H20FNO4/c1-22-15-9-5-8-14(17(15)24-3)18(21)20-11-16(23-2)12-6-4-7-13(19)10-12/h4-10,16H,11H2,1-3H3,(H,20,21). The Kier molecular flexibility index (Phi) is 6.14. The second-order valence-electron chi connectivity index (χ2n) is 5.03. The molecule has 0 aliphatic carbocycles. The van der Waals surface area contributed by atoms with Crippen LogP contribution in [0.1, 0.15) is 22.0 Å². The lowest BCUT2D eigenvalue weighted by atomic mass is 10.1. The number of hydrogen-bond donors (Lipinski definition) is 1. The molecular weight excluding hydrogens is 313 g/mol. The largest absolute Gasteiger partial charge is 0.493 e. The van der Waals surface area contributed by atoms with Crippen molar-refractivity contribution in [1.82, 2.24) is 5.32 Å². The molecule has 0 radical (unpaired) electrons. The smallest absolute Gasteiger partial charge is 0.255 e. The van der Waals surface area contributed by atoms with Crippen molar-refractivity contribution < 1.29 is 23.4 Å². The van der Waals surface area contributed by atoms with Crippen LogP contribution in [-0.2, 0) is 4.74 Å². The number of carbonyl (C=O) groups excluding carboxylic acids is 1. The summed E-state index contributed by atoms with van der Waals surface area (Å²) in [7, 11) is 4.48. The summed E-state index contributed by atoms with van der Waals surface area (Å²) >= 11 is 0. The quantitative estimate of drug-likeness (QED) is 0.846. The maximum atomic E-state index is 13.3. The summed E-state index contributed by atoms with van der Waals surface area (Å²) in [4.78, 5) is 12.4. The molecule has 0 spiro atoms. The highest BCUT2D eigenvalue weighted by Crippen LogP contribution is 2.30. The minimum absolute atomic E-state index is 0.194. The van der Waals surface area contributed by atoms with Gasteiger partial charge in [0.2, 0.25) is 0 Å². The van der Waals surface area contributed by atoms with E-state index in [0.29, 0.717) is 22.6 Å². The molecule has 128 valence electrons. The molecule has 2 rings (SSSR count). The molecule has 6 heteroatoms. The predicted octanol–water partition coefficient (Wildman–Crippen LogP) is 2.96. The summed E-state index contributed by atoms with van der Waals surface area (Å²) < 4.78 is 29.1. The highest BCUT2D eigenvalue weighted by Gasteiger charge is 2.18. The molecule has 0 bridgehead atoms. The Labute approximate surface area is 140 Å². The first kappa shape index (κ1) is 17.7. The van der Waals surface area contributed by atoms with Crippen molar-refractivity contribution in [3.8, 4) is 11.5 Å². The van der Waals surface area contributed by atoms with Crippen molar-refractivity contribution in [3.63, 3.8) is 0 Å². The van der Waals surface area contributed by atoms with E-state index < -0.39 is 6.10 Å². The molecule has 1 unspecified atom stereocenters. The number of halogens is 1. The Hall–Kier alpha value is -2.60. The molecule has 24 heavy (non-hydrogen) atoms. The van der Waals surface area contributed by atoms with Crippen LogP contribution in [0.5, 0.6) is 11.5 Å². The van der Waals surface area contributed by atoms with E-state index in [1.54, 1.807) is 30.3 Å². The first-order chi connectivity index (χ1) is 11.6. The summed E-state index contributed by atoms with van der Waals surface area (Å²) in [6.45, 7) is 0.194. The zero-order valence-electron chi connectivity index (χ0n) is 13.8. The Morgan fingerprint density at radius 3 is 2.50 bits per heavy atom. The number of benzene rings is 2. The minimum atomic E-state index is -0.457. The van der Waals surface area contributed by atoms with Gasteiger partial charge in [-0.15, -0.1) is 0 Å². The van der Waals surface area contributed by atoms with Gasteiger partial charge in [0.15, 0.2) is 11.5 Å². The van der Waals surface area contributed by atoms with Gasteiger partial charge in [-0.2, -0.15) is 0 Å². The van der Waals surface area contributed by atoms with E-state index in [1.807, 2.05) is 0 Å². The van der Waals surface area contributed by atoms with Gasteiger partial charge in [0.05, 0.1) is 25.9 Å². The Bertz CT molecular complexity index is 705. The molecular formula is C18H20FNO4. The summed E-state index contributed by atoms with van der Waals surface area (Å²) in [5, 5.41) is 2.77. The zero-order chi connectivity index (χ0) is 17.5. The highest BCUT2D eigenvalue weighted by atomic mass is 19.1. The third-order valence-corrected chi connectivity index (χ3v) is 3.60. The topological polar surface area (TPSA) is 56.8 Å². The fraction of sp³-hybridized carbons (Fsp3) is 0.278. The van der Waals surface area contributed by atoms with Crippen LogP contribution in [0.15, 0.2) is 42.5 Å². The van der Waals surface area contributed by atoms with Gasteiger partial charge in [-0.25, -0.2) is 4.39 Å². The molecule has 0 aromatic heterocycles. The van der Waals surface area contributed by atoms with E-state index >= 15 is 0 Å². The van der Waals surface area contributed by atoms with Gasteiger partial charge >= 0.3 is 0 Å². The van der Waals surface area contributed by atoms with Crippen LogP contribution >= 0.6 is 0 Å². The lowest BCUT2D eigenvalue weighted by Crippen LogP contribution is -2.29. The van der Waals surface area contributed by atoms with E-state index in [0.717, 1.165) is 0 Å². The molecule has 1 amide bonds. The molecule has 2 aromatic rings. The molecule has 1 N–H and O–H groups in total. The third kappa shape index (κ3) is 4.02. The minimum Gasteiger partial charge on any atom is -0.493 e. The molecule has 0 aliphatic heterocycles. The summed E-state index contributed by atoms with van der Waals surface area (Å²) in [6, 6.07) is 11.1. The Morgan fingerprint density at radius 2 is 1.88 bits per heavy atom. The molecule has 5 nitrogen and oxygen atoms in total. The van der Waals surface area contributed by atoms with E-state index in [4.69, 9.17) is 14.2 Å². The van der Waals surface area contributed by atoms with Gasteiger partial charge < -0.3 is 19.5 Å². The predicted molar refractivity (Wildman–Crippen MR) is 88.0 cm³/mol. The number of carbonyl (C=O) groups is 1. The molecule has 0 heterocycles. The number of ether oxygens (including phenoxy) is 3. The highest BCUT2D eigenvalue weighted by molar-refractivity contribution is 5.97. The molecule has 0 fully saturated rings. The van der Waals surface area contributed by atoms with Crippen molar-refractivity contribution in [2.45, 2.75) is 6.10 Å². The van der Waals surface area contributed by atoms with Crippen LogP contribution in [0.4, 0.5) is 4.39 Å². The first-order valence-corrected chi connectivity index (χ1v) is 7.38. The second kappa shape index (κ2) is 8.31. The lowest BCUT2D eigenvalue weighted by molar-refractivity contribution is 0.0824. The van der Waals surface area contributed by atoms with Crippen molar-refractivity contribution in [1.29, 1.82) is 0 Å². The van der Waals surface area contributed by atoms with Gasteiger partial charge in [0, 0.05) is 13.7 Å². The van der Waals surface area contributed by atoms with Crippen molar-refractivity contribution in [3.05, 3.63) is 59.4 Å².